The van der Waals surface area contributed by atoms with E-state index in [1.54, 1.807) is 0 Å². The third kappa shape index (κ3) is 1.85. The van der Waals surface area contributed by atoms with E-state index in [4.69, 9.17) is 10.3 Å². The van der Waals surface area contributed by atoms with Crippen molar-refractivity contribution in [2.75, 3.05) is 6.54 Å². The molecular weight excluding hydrogens is 204 g/mol. The van der Waals surface area contributed by atoms with Gasteiger partial charge in [0.1, 0.15) is 0 Å². The topological polar surface area (TPSA) is 68.2 Å². The largest absolute Gasteiger partial charge is 0.340 e. The number of nitrogens with zero attached hydrogens (tertiary/aromatic N) is 3. The molecule has 3 heterocycles. The number of rotatable bonds is 3. The summed E-state index contributed by atoms with van der Waals surface area (Å²) in [6.45, 7) is 1.03. The van der Waals surface area contributed by atoms with Gasteiger partial charge in [-0.25, -0.2) is 0 Å². The van der Waals surface area contributed by atoms with Crippen LogP contribution in [0.15, 0.2) is 10.9 Å². The summed E-state index contributed by atoms with van der Waals surface area (Å²) in [6.07, 6.45) is 7.25. The second kappa shape index (κ2) is 4.14. The molecule has 88 valence electrons. The van der Waals surface area contributed by atoms with Gasteiger partial charge in [-0.15, -0.1) is 0 Å². The van der Waals surface area contributed by atoms with Crippen molar-refractivity contribution in [3.05, 3.63) is 12.2 Å². The molecule has 16 heavy (non-hydrogen) atoms. The zero-order chi connectivity index (χ0) is 11.0. The Kier molecular flexibility index (Phi) is 2.65. The van der Waals surface area contributed by atoms with Crippen LogP contribution in [0.3, 0.4) is 0 Å². The molecule has 5 nitrogen and oxygen atoms in total. The molecule has 2 unspecified atom stereocenters. The van der Waals surface area contributed by atoms with Gasteiger partial charge in [0.15, 0.2) is 6.33 Å². The van der Waals surface area contributed by atoms with Crippen LogP contribution in [0.4, 0.5) is 0 Å². The van der Waals surface area contributed by atoms with E-state index in [9.17, 15) is 0 Å². The highest BCUT2D eigenvalue weighted by molar-refractivity contribution is 4.97. The Morgan fingerprint density at radius 3 is 2.75 bits per heavy atom. The van der Waals surface area contributed by atoms with Crippen molar-refractivity contribution in [3.8, 4) is 0 Å². The number of fused-ring (bicyclic) bond motifs is 2. The van der Waals surface area contributed by atoms with Crippen molar-refractivity contribution in [3.63, 3.8) is 0 Å². The summed E-state index contributed by atoms with van der Waals surface area (Å²) in [5.41, 5.74) is 6.04. The first-order valence-corrected chi connectivity index (χ1v) is 6.10. The standard InChI is InChI=1S/C11H18N4O/c12-8-5-9-1-2-10(6-8)15(9)4-3-11-13-7-14-16-11/h7-10H,1-6,12H2. The summed E-state index contributed by atoms with van der Waals surface area (Å²) in [7, 11) is 0. The first-order chi connectivity index (χ1) is 7.83. The highest BCUT2D eigenvalue weighted by Gasteiger charge is 2.39. The molecule has 2 N–H and O–H groups in total. The Morgan fingerprint density at radius 2 is 2.12 bits per heavy atom. The van der Waals surface area contributed by atoms with Crippen molar-refractivity contribution in [1.29, 1.82) is 0 Å². The summed E-state index contributed by atoms with van der Waals surface area (Å²) >= 11 is 0. The van der Waals surface area contributed by atoms with Crippen molar-refractivity contribution in [2.24, 2.45) is 5.73 Å². The third-order valence-corrected chi connectivity index (χ3v) is 3.91. The lowest BCUT2D eigenvalue weighted by molar-refractivity contribution is 0.126. The fourth-order valence-electron chi connectivity index (χ4n) is 3.21. The first kappa shape index (κ1) is 10.2. The number of hydrogen-bond acceptors (Lipinski definition) is 5. The Balaban J connectivity index is 1.59. The second-order valence-corrected chi connectivity index (χ2v) is 4.94. The van der Waals surface area contributed by atoms with Gasteiger partial charge in [-0.1, -0.05) is 5.16 Å². The molecule has 0 aliphatic carbocycles. The van der Waals surface area contributed by atoms with Gasteiger partial charge in [0, 0.05) is 31.1 Å². The minimum atomic E-state index is 0.414. The SMILES string of the molecule is NC1CC2CCC(C1)N2CCc1ncno1. The molecule has 0 amide bonds. The van der Waals surface area contributed by atoms with Crippen molar-refractivity contribution >= 4 is 0 Å². The number of aromatic nitrogens is 2. The van der Waals surface area contributed by atoms with Crippen LogP contribution in [0, 0.1) is 0 Å². The molecule has 2 fully saturated rings. The van der Waals surface area contributed by atoms with Gasteiger partial charge in [0.2, 0.25) is 5.89 Å². The Bertz CT molecular complexity index is 326. The molecule has 2 atom stereocenters. The van der Waals surface area contributed by atoms with E-state index in [1.165, 1.54) is 19.2 Å². The maximum atomic E-state index is 6.04. The normalized spacial score (nSPS) is 34.4. The molecule has 2 aliphatic rings. The molecule has 2 saturated heterocycles. The summed E-state index contributed by atoms with van der Waals surface area (Å²) in [5.74, 6) is 0.745. The van der Waals surface area contributed by atoms with E-state index in [0.29, 0.717) is 18.1 Å². The van der Waals surface area contributed by atoms with Crippen LogP contribution in [-0.4, -0.2) is 39.7 Å². The van der Waals surface area contributed by atoms with Crippen LogP contribution in [0.1, 0.15) is 31.6 Å². The van der Waals surface area contributed by atoms with E-state index in [-0.39, 0.29) is 0 Å². The quantitative estimate of drug-likeness (QED) is 0.809. The predicted octanol–water partition coefficient (Wildman–Crippen LogP) is 0.566. The molecule has 0 radical (unpaired) electrons. The Labute approximate surface area is 95.0 Å². The number of piperidine rings is 1. The third-order valence-electron chi connectivity index (χ3n) is 3.91. The Hall–Kier alpha value is -0.940. The van der Waals surface area contributed by atoms with E-state index in [2.05, 4.69) is 15.0 Å². The Morgan fingerprint density at radius 1 is 1.38 bits per heavy atom. The molecule has 5 heteroatoms. The summed E-state index contributed by atoms with van der Waals surface area (Å²) in [5, 5.41) is 3.63. The maximum Gasteiger partial charge on any atom is 0.227 e. The highest BCUT2D eigenvalue weighted by Crippen LogP contribution is 2.34. The average Bonchev–Trinajstić information content (AvgIpc) is 2.83. The van der Waals surface area contributed by atoms with E-state index in [0.717, 1.165) is 31.7 Å². The van der Waals surface area contributed by atoms with Crippen LogP contribution >= 0.6 is 0 Å². The average molecular weight is 222 g/mol. The second-order valence-electron chi connectivity index (χ2n) is 4.94. The molecule has 3 rings (SSSR count). The van der Waals surface area contributed by atoms with Crippen LogP contribution < -0.4 is 5.73 Å². The zero-order valence-corrected chi connectivity index (χ0v) is 9.38. The van der Waals surface area contributed by atoms with Crippen molar-refractivity contribution in [2.45, 2.75) is 50.2 Å². The predicted molar refractivity (Wildman–Crippen MR) is 58.7 cm³/mol. The van der Waals surface area contributed by atoms with Gasteiger partial charge in [0.25, 0.3) is 0 Å². The van der Waals surface area contributed by atoms with Crippen molar-refractivity contribution in [1.82, 2.24) is 15.0 Å². The van der Waals surface area contributed by atoms with Gasteiger partial charge < -0.3 is 10.3 Å². The van der Waals surface area contributed by atoms with E-state index < -0.39 is 0 Å². The fourth-order valence-corrected chi connectivity index (χ4v) is 3.21. The number of nitrogens with two attached hydrogens (primary N) is 1. The van der Waals surface area contributed by atoms with Crippen LogP contribution in [0.25, 0.3) is 0 Å². The molecule has 0 saturated carbocycles. The maximum absolute atomic E-state index is 6.04. The smallest absolute Gasteiger partial charge is 0.227 e. The van der Waals surface area contributed by atoms with Crippen LogP contribution in [-0.2, 0) is 6.42 Å². The summed E-state index contributed by atoms with van der Waals surface area (Å²) in [6, 6.07) is 1.80. The lowest BCUT2D eigenvalue weighted by Crippen LogP contribution is -2.48. The molecule has 1 aromatic rings. The summed E-state index contributed by atoms with van der Waals surface area (Å²) < 4.78 is 5.02. The fraction of sp³-hybridized carbons (Fsp3) is 0.818. The molecule has 2 bridgehead atoms. The minimum absolute atomic E-state index is 0.414. The van der Waals surface area contributed by atoms with E-state index >= 15 is 0 Å². The first-order valence-electron chi connectivity index (χ1n) is 6.10. The molecule has 0 spiro atoms. The molecular formula is C11H18N4O. The van der Waals surface area contributed by atoms with Gasteiger partial charge in [-0.05, 0) is 25.7 Å². The highest BCUT2D eigenvalue weighted by atomic mass is 16.5. The minimum Gasteiger partial charge on any atom is -0.340 e. The molecule has 1 aromatic heterocycles. The van der Waals surface area contributed by atoms with Crippen LogP contribution in [0.2, 0.25) is 0 Å². The van der Waals surface area contributed by atoms with Crippen molar-refractivity contribution < 1.29 is 4.52 Å². The van der Waals surface area contributed by atoms with Gasteiger partial charge in [-0.3, -0.25) is 4.90 Å². The monoisotopic (exact) mass is 222 g/mol. The van der Waals surface area contributed by atoms with Gasteiger partial charge >= 0.3 is 0 Å². The molecule has 2 aliphatic heterocycles. The number of hydrogen-bond donors (Lipinski definition) is 1. The molecule has 0 aromatic carbocycles. The summed E-state index contributed by atoms with van der Waals surface area (Å²) in [4.78, 5) is 6.65. The van der Waals surface area contributed by atoms with Gasteiger partial charge in [0.05, 0.1) is 0 Å². The van der Waals surface area contributed by atoms with Gasteiger partial charge in [-0.2, -0.15) is 4.98 Å². The lowest BCUT2D eigenvalue weighted by Gasteiger charge is -2.37. The van der Waals surface area contributed by atoms with E-state index in [1.807, 2.05) is 0 Å². The zero-order valence-electron chi connectivity index (χ0n) is 9.38. The lowest BCUT2D eigenvalue weighted by atomic mass is 9.98. The van der Waals surface area contributed by atoms with Crippen LogP contribution in [0.5, 0.6) is 0 Å².